The SMILES string of the molecule is Cc1ccc(N2CC(n3c(C4CC4)nc4ccccc43)C2)nc1. The summed E-state index contributed by atoms with van der Waals surface area (Å²) in [6, 6.07) is 13.3. The van der Waals surface area contributed by atoms with Crippen LogP contribution in [0.4, 0.5) is 5.82 Å². The Morgan fingerprint density at radius 1 is 1.04 bits per heavy atom. The third-order valence-corrected chi connectivity index (χ3v) is 5.01. The van der Waals surface area contributed by atoms with E-state index in [2.05, 4.69) is 57.8 Å². The van der Waals surface area contributed by atoms with Crippen molar-refractivity contribution in [3.05, 3.63) is 54.0 Å². The van der Waals surface area contributed by atoms with Crippen molar-refractivity contribution in [2.24, 2.45) is 0 Å². The van der Waals surface area contributed by atoms with Gasteiger partial charge in [-0.25, -0.2) is 9.97 Å². The summed E-state index contributed by atoms with van der Waals surface area (Å²) in [5.41, 5.74) is 3.64. The van der Waals surface area contributed by atoms with Gasteiger partial charge in [0.05, 0.1) is 17.1 Å². The van der Waals surface area contributed by atoms with Crippen LogP contribution in [-0.4, -0.2) is 27.6 Å². The minimum atomic E-state index is 0.515. The Morgan fingerprint density at radius 3 is 2.61 bits per heavy atom. The molecule has 2 aliphatic rings. The molecule has 0 amide bonds. The molecule has 1 aliphatic carbocycles. The Balaban J connectivity index is 1.46. The highest BCUT2D eigenvalue weighted by molar-refractivity contribution is 5.76. The number of hydrogen-bond acceptors (Lipinski definition) is 3. The van der Waals surface area contributed by atoms with Crippen molar-refractivity contribution in [1.82, 2.24) is 14.5 Å². The smallest absolute Gasteiger partial charge is 0.128 e. The number of anilines is 1. The summed E-state index contributed by atoms with van der Waals surface area (Å²) >= 11 is 0. The third-order valence-electron chi connectivity index (χ3n) is 5.01. The molecule has 4 nitrogen and oxygen atoms in total. The van der Waals surface area contributed by atoms with E-state index >= 15 is 0 Å². The lowest BCUT2D eigenvalue weighted by molar-refractivity contribution is 0.395. The highest BCUT2D eigenvalue weighted by atomic mass is 15.3. The average molecular weight is 304 g/mol. The quantitative estimate of drug-likeness (QED) is 0.740. The van der Waals surface area contributed by atoms with Crippen LogP contribution in [-0.2, 0) is 0 Å². The number of rotatable bonds is 3. The van der Waals surface area contributed by atoms with Gasteiger partial charge >= 0.3 is 0 Å². The van der Waals surface area contributed by atoms with Gasteiger partial charge in [-0.1, -0.05) is 18.2 Å². The second-order valence-corrected chi connectivity index (χ2v) is 6.86. The molecule has 3 aromatic rings. The summed E-state index contributed by atoms with van der Waals surface area (Å²) in [4.78, 5) is 11.8. The molecular formula is C19H20N4. The highest BCUT2D eigenvalue weighted by Crippen LogP contribution is 2.43. The van der Waals surface area contributed by atoms with Crippen molar-refractivity contribution in [3.63, 3.8) is 0 Å². The molecule has 3 heterocycles. The van der Waals surface area contributed by atoms with E-state index in [-0.39, 0.29) is 0 Å². The first kappa shape index (κ1) is 13.1. The van der Waals surface area contributed by atoms with Gasteiger partial charge in [0, 0.05) is 25.2 Å². The van der Waals surface area contributed by atoms with Crippen LogP contribution in [0.2, 0.25) is 0 Å². The lowest BCUT2D eigenvalue weighted by Gasteiger charge is -2.41. The van der Waals surface area contributed by atoms with Gasteiger partial charge in [-0.2, -0.15) is 0 Å². The maximum atomic E-state index is 4.92. The molecule has 0 spiro atoms. The fourth-order valence-corrected chi connectivity index (χ4v) is 3.53. The predicted molar refractivity (Wildman–Crippen MR) is 91.9 cm³/mol. The summed E-state index contributed by atoms with van der Waals surface area (Å²) in [5, 5.41) is 0. The van der Waals surface area contributed by atoms with Crippen molar-refractivity contribution >= 4 is 16.9 Å². The summed E-state index contributed by atoms with van der Waals surface area (Å²) in [6.45, 7) is 4.13. The normalized spacial score (nSPS) is 18.4. The van der Waals surface area contributed by atoms with E-state index in [4.69, 9.17) is 4.98 Å². The van der Waals surface area contributed by atoms with Crippen LogP contribution in [0.3, 0.4) is 0 Å². The third kappa shape index (κ3) is 2.12. The number of para-hydroxylation sites is 2. The van der Waals surface area contributed by atoms with Gasteiger partial charge < -0.3 is 9.47 Å². The minimum Gasteiger partial charge on any atom is -0.352 e. The molecular weight excluding hydrogens is 284 g/mol. The number of hydrogen-bond donors (Lipinski definition) is 0. The topological polar surface area (TPSA) is 34.0 Å². The molecule has 116 valence electrons. The van der Waals surface area contributed by atoms with E-state index in [0.29, 0.717) is 12.0 Å². The lowest BCUT2D eigenvalue weighted by atomic mass is 10.1. The van der Waals surface area contributed by atoms with Gasteiger partial charge in [0.1, 0.15) is 11.6 Å². The molecule has 23 heavy (non-hydrogen) atoms. The Morgan fingerprint density at radius 2 is 1.87 bits per heavy atom. The second-order valence-electron chi connectivity index (χ2n) is 6.86. The fraction of sp³-hybridized carbons (Fsp3) is 0.368. The summed E-state index contributed by atoms with van der Waals surface area (Å²) in [7, 11) is 0. The predicted octanol–water partition coefficient (Wildman–Crippen LogP) is 3.68. The molecule has 1 aliphatic heterocycles. The number of benzene rings is 1. The van der Waals surface area contributed by atoms with E-state index in [1.54, 1.807) is 0 Å². The van der Waals surface area contributed by atoms with E-state index in [1.165, 1.54) is 29.7 Å². The van der Waals surface area contributed by atoms with E-state index in [1.807, 2.05) is 6.20 Å². The standard InChI is InChI=1S/C19H20N4/c1-13-6-9-18(20-10-13)22-11-15(12-22)23-17-5-3-2-4-16(17)21-19(23)14-7-8-14/h2-6,9-10,14-15H,7-8,11-12H2,1H3. The van der Waals surface area contributed by atoms with Crippen molar-refractivity contribution in [2.45, 2.75) is 31.7 Å². The number of imidazole rings is 1. The van der Waals surface area contributed by atoms with Crippen molar-refractivity contribution in [3.8, 4) is 0 Å². The van der Waals surface area contributed by atoms with Crippen LogP contribution in [0.5, 0.6) is 0 Å². The zero-order valence-corrected chi connectivity index (χ0v) is 13.3. The van der Waals surface area contributed by atoms with Crippen LogP contribution in [0.1, 0.15) is 36.2 Å². The first-order valence-electron chi connectivity index (χ1n) is 8.44. The number of aromatic nitrogens is 3. The molecule has 1 aromatic carbocycles. The van der Waals surface area contributed by atoms with Crippen LogP contribution >= 0.6 is 0 Å². The average Bonchev–Trinajstić information content (AvgIpc) is 3.30. The largest absolute Gasteiger partial charge is 0.352 e. The van der Waals surface area contributed by atoms with Crippen LogP contribution < -0.4 is 4.90 Å². The Labute approximate surface area is 135 Å². The Hall–Kier alpha value is -2.36. The van der Waals surface area contributed by atoms with E-state index in [0.717, 1.165) is 24.4 Å². The highest BCUT2D eigenvalue weighted by Gasteiger charge is 2.36. The Kier molecular flexibility index (Phi) is 2.75. The van der Waals surface area contributed by atoms with Crippen LogP contribution in [0.15, 0.2) is 42.6 Å². The molecule has 0 atom stereocenters. The number of fused-ring (bicyclic) bond motifs is 1. The molecule has 0 N–H and O–H groups in total. The summed E-state index contributed by atoms with van der Waals surface area (Å²) in [6.07, 6.45) is 4.53. The Bertz CT molecular complexity index is 855. The van der Waals surface area contributed by atoms with Gasteiger partial charge in [0.15, 0.2) is 0 Å². The summed E-state index contributed by atoms with van der Waals surface area (Å²) < 4.78 is 2.50. The van der Waals surface area contributed by atoms with Crippen LogP contribution in [0, 0.1) is 6.92 Å². The zero-order chi connectivity index (χ0) is 15.4. The van der Waals surface area contributed by atoms with Gasteiger partial charge in [-0.15, -0.1) is 0 Å². The molecule has 1 saturated heterocycles. The van der Waals surface area contributed by atoms with Gasteiger partial charge in [-0.3, -0.25) is 0 Å². The lowest BCUT2D eigenvalue weighted by Crippen LogP contribution is -2.48. The monoisotopic (exact) mass is 304 g/mol. The van der Waals surface area contributed by atoms with Crippen LogP contribution in [0.25, 0.3) is 11.0 Å². The van der Waals surface area contributed by atoms with Crippen molar-refractivity contribution in [2.75, 3.05) is 18.0 Å². The molecule has 4 heteroatoms. The molecule has 5 rings (SSSR count). The molecule has 1 saturated carbocycles. The molecule has 0 unspecified atom stereocenters. The first-order chi connectivity index (χ1) is 11.3. The molecule has 2 fully saturated rings. The number of aryl methyl sites for hydroxylation is 1. The van der Waals surface area contributed by atoms with E-state index in [9.17, 15) is 0 Å². The number of nitrogens with zero attached hydrogens (tertiary/aromatic N) is 4. The minimum absolute atomic E-state index is 0.515. The maximum absolute atomic E-state index is 4.92. The van der Waals surface area contributed by atoms with Crippen molar-refractivity contribution < 1.29 is 0 Å². The van der Waals surface area contributed by atoms with Gasteiger partial charge in [-0.05, 0) is 43.5 Å². The zero-order valence-electron chi connectivity index (χ0n) is 13.3. The first-order valence-corrected chi connectivity index (χ1v) is 8.44. The molecule has 2 aromatic heterocycles. The maximum Gasteiger partial charge on any atom is 0.128 e. The fourth-order valence-electron chi connectivity index (χ4n) is 3.53. The second kappa shape index (κ2) is 4.82. The molecule has 0 radical (unpaired) electrons. The summed E-state index contributed by atoms with van der Waals surface area (Å²) in [5.74, 6) is 3.06. The van der Waals surface area contributed by atoms with Gasteiger partial charge in [0.2, 0.25) is 0 Å². The van der Waals surface area contributed by atoms with Crippen molar-refractivity contribution in [1.29, 1.82) is 0 Å². The van der Waals surface area contributed by atoms with Gasteiger partial charge in [0.25, 0.3) is 0 Å². The molecule has 0 bridgehead atoms. The van der Waals surface area contributed by atoms with E-state index < -0.39 is 0 Å². The number of pyridine rings is 1.